The van der Waals surface area contributed by atoms with E-state index in [2.05, 4.69) is 5.32 Å². The van der Waals surface area contributed by atoms with Crippen molar-refractivity contribution in [2.24, 2.45) is 0 Å². The number of hydrogen-bond donors (Lipinski definition) is 1. The van der Waals surface area contributed by atoms with Gasteiger partial charge in [0, 0.05) is 28.8 Å². The van der Waals surface area contributed by atoms with Gasteiger partial charge in [-0.1, -0.05) is 12.1 Å². The monoisotopic (exact) mass is 409 g/mol. The van der Waals surface area contributed by atoms with Crippen LogP contribution < -0.4 is 15.7 Å². The molecule has 2 aromatic carbocycles. The third-order valence-corrected chi connectivity index (χ3v) is 4.20. The largest absolute Gasteiger partial charge is 0.482 e. The minimum atomic E-state index is -0.742. The van der Waals surface area contributed by atoms with Gasteiger partial charge in [0.25, 0.3) is 5.91 Å². The van der Waals surface area contributed by atoms with Crippen LogP contribution in [0.1, 0.15) is 22.8 Å². The zero-order valence-corrected chi connectivity index (χ0v) is 16.4. The Bertz CT molecular complexity index is 1180. The number of hydrogen-bond acceptors (Lipinski definition) is 7. The molecule has 8 heteroatoms. The van der Waals surface area contributed by atoms with Gasteiger partial charge in [0.1, 0.15) is 11.3 Å². The third-order valence-electron chi connectivity index (χ3n) is 4.20. The van der Waals surface area contributed by atoms with Crippen LogP contribution in [0.5, 0.6) is 5.75 Å². The highest BCUT2D eigenvalue weighted by molar-refractivity contribution is 5.97. The first-order valence-electron chi connectivity index (χ1n) is 9.05. The highest BCUT2D eigenvalue weighted by atomic mass is 16.6. The summed E-state index contributed by atoms with van der Waals surface area (Å²) >= 11 is 0. The molecule has 30 heavy (non-hydrogen) atoms. The summed E-state index contributed by atoms with van der Waals surface area (Å²) in [6.07, 6.45) is 0. The maximum absolute atomic E-state index is 11.9. The zero-order chi connectivity index (χ0) is 21.7. The fourth-order valence-electron chi connectivity index (χ4n) is 2.74. The number of fused-ring (bicyclic) bond motifs is 1. The van der Waals surface area contributed by atoms with Gasteiger partial charge in [0.2, 0.25) is 0 Å². The second-order valence-electron chi connectivity index (χ2n) is 6.54. The number of benzene rings is 2. The second kappa shape index (κ2) is 9.04. The number of carbonyl (C=O) groups excluding carboxylic acids is 3. The summed E-state index contributed by atoms with van der Waals surface area (Å²) in [4.78, 5) is 46.6. The van der Waals surface area contributed by atoms with E-state index in [0.29, 0.717) is 22.6 Å². The van der Waals surface area contributed by atoms with E-state index >= 15 is 0 Å². The van der Waals surface area contributed by atoms with Crippen LogP contribution in [0.3, 0.4) is 0 Å². The summed E-state index contributed by atoms with van der Waals surface area (Å²) in [5.41, 5.74) is 1.52. The molecule has 8 nitrogen and oxygen atoms in total. The van der Waals surface area contributed by atoms with Gasteiger partial charge in [-0.2, -0.15) is 0 Å². The smallest absolute Gasteiger partial charge is 0.344 e. The maximum Gasteiger partial charge on any atom is 0.344 e. The van der Waals surface area contributed by atoms with Gasteiger partial charge in [0.05, 0.1) is 0 Å². The number of amides is 1. The molecular weight excluding hydrogens is 390 g/mol. The lowest BCUT2D eigenvalue weighted by Gasteiger charge is -2.09. The van der Waals surface area contributed by atoms with Crippen molar-refractivity contribution >= 4 is 34.3 Å². The van der Waals surface area contributed by atoms with Crippen molar-refractivity contribution in [3.8, 4) is 5.75 Å². The van der Waals surface area contributed by atoms with E-state index in [0.717, 1.165) is 10.9 Å². The minimum Gasteiger partial charge on any atom is -0.482 e. The summed E-state index contributed by atoms with van der Waals surface area (Å²) in [5.74, 6) is -1.10. The first-order chi connectivity index (χ1) is 14.3. The van der Waals surface area contributed by atoms with Crippen LogP contribution in [0.25, 0.3) is 11.0 Å². The first kappa shape index (κ1) is 20.8. The molecule has 0 radical (unpaired) electrons. The number of ether oxygens (including phenoxy) is 2. The number of aryl methyl sites for hydroxylation is 1. The predicted molar refractivity (Wildman–Crippen MR) is 109 cm³/mol. The van der Waals surface area contributed by atoms with Crippen molar-refractivity contribution < 1.29 is 28.3 Å². The van der Waals surface area contributed by atoms with Crippen LogP contribution in [0.15, 0.2) is 57.7 Å². The molecule has 0 aliphatic rings. The summed E-state index contributed by atoms with van der Waals surface area (Å²) in [6.45, 7) is 2.29. The normalized spacial score (nSPS) is 10.5. The minimum absolute atomic E-state index is 0.127. The Morgan fingerprint density at radius 3 is 2.60 bits per heavy atom. The highest BCUT2D eigenvalue weighted by Gasteiger charge is 2.11. The van der Waals surface area contributed by atoms with E-state index in [1.54, 1.807) is 37.3 Å². The molecule has 1 aromatic heterocycles. The van der Waals surface area contributed by atoms with Crippen LogP contribution in [0, 0.1) is 6.92 Å². The predicted octanol–water partition coefficient (Wildman–Crippen LogP) is 2.86. The standard InChI is InChI=1S/C22H19NO7/c1-13-8-21(26)30-19-10-17(6-7-18(13)19)28-12-22(27)29-11-20(25)23-16-5-3-4-15(9-16)14(2)24/h3-10H,11-12H2,1-2H3,(H,23,25). The Kier molecular flexibility index (Phi) is 6.26. The highest BCUT2D eigenvalue weighted by Crippen LogP contribution is 2.22. The van der Waals surface area contributed by atoms with Crippen molar-refractivity contribution in [2.75, 3.05) is 18.5 Å². The lowest BCUT2D eigenvalue weighted by Crippen LogP contribution is -2.23. The van der Waals surface area contributed by atoms with Gasteiger partial charge < -0.3 is 19.2 Å². The van der Waals surface area contributed by atoms with E-state index in [4.69, 9.17) is 13.9 Å². The molecular formula is C22H19NO7. The molecule has 0 fully saturated rings. The molecule has 0 aliphatic heterocycles. The van der Waals surface area contributed by atoms with Crippen LogP contribution in [-0.4, -0.2) is 30.9 Å². The number of nitrogens with one attached hydrogen (secondary N) is 1. The van der Waals surface area contributed by atoms with Crippen LogP contribution in [0.2, 0.25) is 0 Å². The number of rotatable bonds is 7. The van der Waals surface area contributed by atoms with Crippen molar-refractivity contribution in [3.63, 3.8) is 0 Å². The molecule has 154 valence electrons. The average Bonchev–Trinajstić information content (AvgIpc) is 2.70. The molecule has 0 atom stereocenters. The maximum atomic E-state index is 11.9. The van der Waals surface area contributed by atoms with E-state index in [9.17, 15) is 19.2 Å². The lowest BCUT2D eigenvalue weighted by atomic mass is 10.1. The summed E-state index contributed by atoms with van der Waals surface area (Å²) < 4.78 is 15.4. The Balaban J connectivity index is 1.50. The molecule has 0 spiro atoms. The molecule has 1 amide bonds. The second-order valence-corrected chi connectivity index (χ2v) is 6.54. The van der Waals surface area contributed by atoms with E-state index in [1.807, 2.05) is 0 Å². The van der Waals surface area contributed by atoms with Gasteiger partial charge in [0.15, 0.2) is 19.0 Å². The topological polar surface area (TPSA) is 112 Å². The van der Waals surface area contributed by atoms with Gasteiger partial charge in [-0.05, 0) is 43.7 Å². The molecule has 3 rings (SSSR count). The van der Waals surface area contributed by atoms with Gasteiger partial charge >= 0.3 is 11.6 Å². The van der Waals surface area contributed by atoms with Crippen molar-refractivity contribution in [3.05, 3.63) is 70.1 Å². The summed E-state index contributed by atoms with van der Waals surface area (Å²) in [6, 6.07) is 12.7. The van der Waals surface area contributed by atoms with Gasteiger partial charge in [-0.3, -0.25) is 9.59 Å². The Morgan fingerprint density at radius 2 is 1.83 bits per heavy atom. The quantitative estimate of drug-likeness (QED) is 0.363. The number of carbonyl (C=O) groups is 3. The summed E-state index contributed by atoms with van der Waals surface area (Å²) in [7, 11) is 0. The fourth-order valence-corrected chi connectivity index (χ4v) is 2.74. The molecule has 1 N–H and O–H groups in total. The molecule has 0 saturated carbocycles. The number of Topliss-reactive ketones (excluding diaryl/α,β-unsaturated/α-hetero) is 1. The van der Waals surface area contributed by atoms with E-state index in [-0.39, 0.29) is 5.78 Å². The Morgan fingerprint density at radius 1 is 1.03 bits per heavy atom. The number of esters is 1. The molecule has 0 aliphatic carbocycles. The molecule has 0 unspecified atom stereocenters. The van der Waals surface area contributed by atoms with E-state index in [1.165, 1.54) is 25.1 Å². The van der Waals surface area contributed by atoms with Crippen LogP contribution in [0.4, 0.5) is 5.69 Å². The molecule has 0 bridgehead atoms. The zero-order valence-electron chi connectivity index (χ0n) is 16.4. The van der Waals surface area contributed by atoms with Gasteiger partial charge in [-0.25, -0.2) is 9.59 Å². The van der Waals surface area contributed by atoms with Crippen molar-refractivity contribution in [2.45, 2.75) is 13.8 Å². The Hall–Kier alpha value is -3.94. The summed E-state index contributed by atoms with van der Waals surface area (Å²) in [5, 5.41) is 3.31. The van der Waals surface area contributed by atoms with Crippen molar-refractivity contribution in [1.29, 1.82) is 0 Å². The lowest BCUT2D eigenvalue weighted by molar-refractivity contribution is -0.149. The van der Waals surface area contributed by atoms with Crippen LogP contribution >= 0.6 is 0 Å². The van der Waals surface area contributed by atoms with Gasteiger partial charge in [-0.15, -0.1) is 0 Å². The first-order valence-corrected chi connectivity index (χ1v) is 9.05. The fraction of sp³-hybridized carbons (Fsp3) is 0.182. The molecule has 3 aromatic rings. The third kappa shape index (κ3) is 5.32. The van der Waals surface area contributed by atoms with Crippen molar-refractivity contribution in [1.82, 2.24) is 0 Å². The van der Waals surface area contributed by atoms with Crippen LogP contribution in [-0.2, 0) is 14.3 Å². The Labute approximate surface area is 171 Å². The average molecular weight is 409 g/mol. The SMILES string of the molecule is CC(=O)c1cccc(NC(=O)COC(=O)COc2ccc3c(C)cc(=O)oc3c2)c1. The number of ketones is 1. The number of anilines is 1. The van der Waals surface area contributed by atoms with E-state index < -0.39 is 30.7 Å². The molecule has 0 saturated heterocycles. The molecule has 1 heterocycles.